The predicted molar refractivity (Wildman–Crippen MR) is 128 cm³/mol. The molecule has 8 nitrogen and oxygen atoms in total. The van der Waals surface area contributed by atoms with Crippen molar-refractivity contribution in [2.75, 3.05) is 6.54 Å². The number of hydrogen-bond donors (Lipinski definition) is 4. The lowest BCUT2D eigenvalue weighted by Crippen LogP contribution is -2.51. The van der Waals surface area contributed by atoms with E-state index in [4.69, 9.17) is 0 Å². The molecule has 1 aliphatic rings. The number of carbonyl (C=O) groups is 4. The molecule has 176 valence electrons. The normalized spacial score (nSPS) is 17.1. The number of nitrogens with one attached hydrogen (secondary N) is 4. The number of amides is 3. The van der Waals surface area contributed by atoms with E-state index in [0.717, 1.165) is 22.0 Å². The summed E-state index contributed by atoms with van der Waals surface area (Å²) in [6.07, 6.45) is 1.76. The van der Waals surface area contributed by atoms with E-state index in [1.54, 1.807) is 6.07 Å². The van der Waals surface area contributed by atoms with Gasteiger partial charge in [0.2, 0.25) is 11.8 Å². The van der Waals surface area contributed by atoms with E-state index >= 15 is 0 Å². The molecule has 0 spiro atoms. The van der Waals surface area contributed by atoms with Gasteiger partial charge in [0, 0.05) is 29.8 Å². The Morgan fingerprint density at radius 3 is 2.62 bits per heavy atom. The zero-order chi connectivity index (χ0) is 24.1. The van der Waals surface area contributed by atoms with Gasteiger partial charge in [0.05, 0.1) is 6.04 Å². The van der Waals surface area contributed by atoms with Crippen molar-refractivity contribution in [1.82, 2.24) is 20.9 Å². The minimum absolute atomic E-state index is 0.107. The average Bonchev–Trinajstić information content (AvgIpc) is 3.44. The Bertz CT molecular complexity index is 1200. The lowest BCUT2D eigenvalue weighted by atomic mass is 9.98. The molecule has 8 heteroatoms. The molecular weight excluding hydrogens is 432 g/mol. The summed E-state index contributed by atoms with van der Waals surface area (Å²) in [5, 5.41) is 9.16. The Labute approximate surface area is 197 Å². The van der Waals surface area contributed by atoms with Crippen LogP contribution in [-0.2, 0) is 20.8 Å². The Morgan fingerprint density at radius 2 is 1.91 bits per heavy atom. The molecule has 0 aliphatic carbocycles. The number of fused-ring (bicyclic) bond motifs is 1. The van der Waals surface area contributed by atoms with Crippen LogP contribution in [0.15, 0.2) is 54.6 Å². The first-order chi connectivity index (χ1) is 16.4. The highest BCUT2D eigenvalue weighted by Gasteiger charge is 2.30. The van der Waals surface area contributed by atoms with Crippen molar-refractivity contribution in [3.8, 4) is 0 Å². The second-order valence-electron chi connectivity index (χ2n) is 8.75. The summed E-state index contributed by atoms with van der Waals surface area (Å²) in [6, 6.07) is 15.2. The largest absolute Gasteiger partial charge is 0.356 e. The number of H-pyrrole nitrogens is 1. The van der Waals surface area contributed by atoms with E-state index in [9.17, 15) is 19.2 Å². The van der Waals surface area contributed by atoms with Gasteiger partial charge in [0.15, 0.2) is 0 Å². The monoisotopic (exact) mass is 460 g/mol. The van der Waals surface area contributed by atoms with Gasteiger partial charge in [-0.05, 0) is 43.0 Å². The van der Waals surface area contributed by atoms with Crippen LogP contribution >= 0.6 is 0 Å². The van der Waals surface area contributed by atoms with Crippen molar-refractivity contribution in [2.45, 2.75) is 38.3 Å². The quantitative estimate of drug-likeness (QED) is 0.365. The lowest BCUT2D eigenvalue weighted by molar-refractivity contribution is -0.127. The molecule has 0 radical (unpaired) electrons. The molecule has 2 heterocycles. The second-order valence-corrected chi connectivity index (χ2v) is 8.75. The number of rotatable bonds is 9. The third kappa shape index (κ3) is 5.51. The van der Waals surface area contributed by atoms with E-state index in [2.05, 4.69) is 20.9 Å². The molecule has 0 unspecified atom stereocenters. The fraction of sp³-hybridized carbons (Fsp3) is 0.308. The van der Waals surface area contributed by atoms with Crippen LogP contribution in [0.4, 0.5) is 0 Å². The minimum atomic E-state index is -0.900. The summed E-state index contributed by atoms with van der Waals surface area (Å²) in [5.41, 5.74) is 3.12. The molecule has 0 saturated carbocycles. The molecule has 3 aromatic rings. The Morgan fingerprint density at radius 1 is 1.12 bits per heavy atom. The predicted octanol–water partition coefficient (Wildman–Crippen LogP) is 2.03. The highest BCUT2D eigenvalue weighted by Crippen LogP contribution is 2.18. The van der Waals surface area contributed by atoms with E-state index in [0.29, 0.717) is 24.9 Å². The van der Waals surface area contributed by atoms with Crippen LogP contribution in [0.3, 0.4) is 0 Å². The van der Waals surface area contributed by atoms with Gasteiger partial charge >= 0.3 is 0 Å². The highest BCUT2D eigenvalue weighted by molar-refractivity contribution is 6.00. The Kier molecular flexibility index (Phi) is 7.06. The number of carbonyl (C=O) groups excluding carboxylic acids is 4. The molecule has 2 aromatic carbocycles. The van der Waals surface area contributed by atoms with Crippen LogP contribution in [0.1, 0.15) is 34.5 Å². The number of benzene rings is 2. The molecule has 1 aromatic heterocycles. The standard InChI is InChI=1S/C26H28N4O4/c1-16-7-8-18-14-23(29-21(18)11-16)26(34)30-22(12-17-5-3-2-4-6-17)25(33)28-20(15-31)13-19-9-10-27-24(19)32/h2-8,11,14-15,19-20,22,29H,9-10,12-13H2,1H3,(H,27,32)(H,28,33)(H,30,34)/t19-,20-,22-/m0/s1. The molecular formula is C26H28N4O4. The van der Waals surface area contributed by atoms with Crippen molar-refractivity contribution < 1.29 is 19.2 Å². The minimum Gasteiger partial charge on any atom is -0.356 e. The number of hydrogen-bond acceptors (Lipinski definition) is 4. The summed E-state index contributed by atoms with van der Waals surface area (Å²) in [5.74, 6) is -1.31. The average molecular weight is 461 g/mol. The summed E-state index contributed by atoms with van der Waals surface area (Å²) in [4.78, 5) is 52.8. The van der Waals surface area contributed by atoms with Crippen LogP contribution in [0.2, 0.25) is 0 Å². The summed E-state index contributed by atoms with van der Waals surface area (Å²) in [6.45, 7) is 2.54. The molecule has 34 heavy (non-hydrogen) atoms. The van der Waals surface area contributed by atoms with Crippen LogP contribution in [-0.4, -0.2) is 47.6 Å². The van der Waals surface area contributed by atoms with E-state index < -0.39 is 23.9 Å². The van der Waals surface area contributed by atoms with Crippen molar-refractivity contribution in [3.63, 3.8) is 0 Å². The fourth-order valence-corrected chi connectivity index (χ4v) is 4.27. The maximum absolute atomic E-state index is 13.2. The number of aryl methyl sites for hydroxylation is 1. The Balaban J connectivity index is 1.50. The smallest absolute Gasteiger partial charge is 0.268 e. The van der Waals surface area contributed by atoms with E-state index in [-0.39, 0.29) is 24.7 Å². The molecule has 1 aliphatic heterocycles. The van der Waals surface area contributed by atoms with Crippen LogP contribution in [0, 0.1) is 12.8 Å². The van der Waals surface area contributed by atoms with Gasteiger partial charge in [-0.15, -0.1) is 0 Å². The second kappa shape index (κ2) is 10.3. The van der Waals surface area contributed by atoms with Gasteiger partial charge in [-0.25, -0.2) is 0 Å². The molecule has 0 bridgehead atoms. The van der Waals surface area contributed by atoms with E-state index in [1.807, 2.05) is 55.5 Å². The zero-order valence-corrected chi connectivity index (χ0v) is 19.0. The van der Waals surface area contributed by atoms with Gasteiger partial charge in [-0.1, -0.05) is 42.5 Å². The summed E-state index contributed by atoms with van der Waals surface area (Å²) >= 11 is 0. The number of aromatic amines is 1. The van der Waals surface area contributed by atoms with Crippen LogP contribution < -0.4 is 16.0 Å². The summed E-state index contributed by atoms with van der Waals surface area (Å²) in [7, 11) is 0. The third-order valence-corrected chi connectivity index (χ3v) is 6.12. The Hall–Kier alpha value is -3.94. The molecule has 3 amide bonds. The lowest BCUT2D eigenvalue weighted by Gasteiger charge is -2.22. The first-order valence-electron chi connectivity index (χ1n) is 11.4. The van der Waals surface area contributed by atoms with Crippen molar-refractivity contribution in [3.05, 3.63) is 71.4 Å². The van der Waals surface area contributed by atoms with Gasteiger partial charge in [-0.2, -0.15) is 0 Å². The summed E-state index contributed by atoms with van der Waals surface area (Å²) < 4.78 is 0. The van der Waals surface area contributed by atoms with Gasteiger partial charge in [0.25, 0.3) is 5.91 Å². The van der Waals surface area contributed by atoms with Crippen molar-refractivity contribution in [1.29, 1.82) is 0 Å². The number of aldehydes is 1. The number of aromatic nitrogens is 1. The topological polar surface area (TPSA) is 120 Å². The molecule has 4 N–H and O–H groups in total. The van der Waals surface area contributed by atoms with Gasteiger partial charge < -0.3 is 25.7 Å². The van der Waals surface area contributed by atoms with Gasteiger partial charge in [0.1, 0.15) is 18.0 Å². The molecule has 3 atom stereocenters. The third-order valence-electron chi connectivity index (χ3n) is 6.12. The first-order valence-corrected chi connectivity index (χ1v) is 11.4. The van der Waals surface area contributed by atoms with E-state index in [1.165, 1.54) is 0 Å². The fourth-order valence-electron chi connectivity index (χ4n) is 4.27. The molecule has 4 rings (SSSR count). The SMILES string of the molecule is Cc1ccc2cc(C(=O)N[C@@H](Cc3ccccc3)C(=O)N[C@H](C=O)C[C@@H]3CCNC3=O)[nH]c2c1. The molecule has 1 saturated heterocycles. The zero-order valence-electron chi connectivity index (χ0n) is 19.0. The van der Waals surface area contributed by atoms with Crippen LogP contribution in [0.5, 0.6) is 0 Å². The maximum atomic E-state index is 13.2. The first kappa shape index (κ1) is 23.2. The highest BCUT2D eigenvalue weighted by atomic mass is 16.2. The van der Waals surface area contributed by atoms with Crippen molar-refractivity contribution in [2.24, 2.45) is 5.92 Å². The van der Waals surface area contributed by atoms with Crippen molar-refractivity contribution >= 4 is 34.9 Å². The maximum Gasteiger partial charge on any atom is 0.268 e. The molecule has 1 fully saturated rings. The van der Waals surface area contributed by atoms with Crippen LogP contribution in [0.25, 0.3) is 10.9 Å². The van der Waals surface area contributed by atoms with Gasteiger partial charge in [-0.3, -0.25) is 14.4 Å².